The van der Waals surface area contributed by atoms with Crippen LogP contribution in [0.15, 0.2) is 23.3 Å². The van der Waals surface area contributed by atoms with Gasteiger partial charge in [0.1, 0.15) is 0 Å². The summed E-state index contributed by atoms with van der Waals surface area (Å²) in [5.41, 5.74) is 5.30. The molecular weight excluding hydrogens is 316 g/mol. The molecule has 0 atom stereocenters. The Morgan fingerprint density at radius 2 is 1.88 bits per heavy atom. The maximum atomic E-state index is 4.45. The van der Waals surface area contributed by atoms with Gasteiger partial charge in [0.15, 0.2) is 5.96 Å². The van der Waals surface area contributed by atoms with Crippen molar-refractivity contribution < 1.29 is 0 Å². The average molecular weight is 345 g/mol. The number of hydrogen-bond donors (Lipinski definition) is 2. The number of guanidine groups is 1. The molecule has 0 spiro atoms. The number of nitrogens with one attached hydrogen (secondary N) is 2. The molecule has 1 aromatic heterocycles. The van der Waals surface area contributed by atoms with Gasteiger partial charge < -0.3 is 10.6 Å². The minimum absolute atomic E-state index is 0.787. The summed E-state index contributed by atoms with van der Waals surface area (Å²) in [5, 5.41) is 7.96. The summed E-state index contributed by atoms with van der Waals surface area (Å²) in [6.07, 6.45) is 3.97. The molecule has 1 aromatic carbocycles. The first kappa shape index (κ1) is 18.5. The van der Waals surface area contributed by atoms with Crippen LogP contribution in [-0.2, 0) is 19.4 Å². The molecule has 0 radical (unpaired) electrons. The van der Waals surface area contributed by atoms with Gasteiger partial charge in [-0.1, -0.05) is 24.6 Å². The summed E-state index contributed by atoms with van der Waals surface area (Å²) < 4.78 is 0. The first-order chi connectivity index (χ1) is 11.5. The van der Waals surface area contributed by atoms with E-state index in [0.29, 0.717) is 0 Å². The summed E-state index contributed by atoms with van der Waals surface area (Å²) in [7, 11) is 1.81. The van der Waals surface area contributed by atoms with Crippen LogP contribution in [0, 0.1) is 20.8 Å². The SMILES string of the molecule is CCc1cnc(CCNC(=NC)NCc2c(C)cc(C)cc2C)s1. The number of thiazole rings is 1. The van der Waals surface area contributed by atoms with Gasteiger partial charge in [0.05, 0.1) is 5.01 Å². The standard InChI is InChI=1S/C19H28N4S/c1-6-16-11-22-18(24-16)7-8-21-19(20-5)23-12-17-14(3)9-13(2)10-15(17)4/h9-11H,6-8,12H2,1-5H3,(H2,20,21,23). The zero-order chi connectivity index (χ0) is 17.5. The Bertz CT molecular complexity index is 680. The lowest BCUT2D eigenvalue weighted by Crippen LogP contribution is -2.38. The van der Waals surface area contributed by atoms with Crippen LogP contribution in [0.1, 0.15) is 39.1 Å². The van der Waals surface area contributed by atoms with E-state index in [4.69, 9.17) is 0 Å². The predicted molar refractivity (Wildman–Crippen MR) is 104 cm³/mol. The monoisotopic (exact) mass is 344 g/mol. The predicted octanol–water partition coefficient (Wildman–Crippen LogP) is 3.54. The Kier molecular flexibility index (Phi) is 6.79. The second-order valence-electron chi connectivity index (χ2n) is 6.05. The highest BCUT2D eigenvalue weighted by atomic mass is 32.1. The van der Waals surface area contributed by atoms with E-state index in [1.807, 2.05) is 13.2 Å². The fourth-order valence-corrected chi connectivity index (χ4v) is 3.66. The molecule has 4 nitrogen and oxygen atoms in total. The average Bonchev–Trinajstić information content (AvgIpc) is 3.00. The quantitative estimate of drug-likeness (QED) is 0.622. The molecule has 2 aromatic rings. The van der Waals surface area contributed by atoms with E-state index < -0.39 is 0 Å². The molecule has 5 heteroatoms. The molecule has 2 rings (SSSR count). The van der Waals surface area contributed by atoms with Gasteiger partial charge in [-0.15, -0.1) is 11.3 Å². The van der Waals surface area contributed by atoms with Crippen molar-refractivity contribution in [2.75, 3.05) is 13.6 Å². The Morgan fingerprint density at radius 1 is 1.17 bits per heavy atom. The molecule has 0 unspecified atom stereocenters. The van der Waals surface area contributed by atoms with Crippen LogP contribution < -0.4 is 10.6 Å². The molecule has 0 aliphatic heterocycles. The van der Waals surface area contributed by atoms with Gasteiger partial charge in [-0.3, -0.25) is 4.99 Å². The minimum atomic E-state index is 0.787. The van der Waals surface area contributed by atoms with Crippen LogP contribution in [0.3, 0.4) is 0 Å². The molecule has 1 heterocycles. The first-order valence-corrected chi connectivity index (χ1v) is 9.30. The van der Waals surface area contributed by atoms with E-state index in [9.17, 15) is 0 Å². The van der Waals surface area contributed by atoms with E-state index in [1.54, 1.807) is 11.3 Å². The highest BCUT2D eigenvalue weighted by Gasteiger charge is 2.06. The van der Waals surface area contributed by atoms with Crippen LogP contribution in [0.4, 0.5) is 0 Å². The van der Waals surface area contributed by atoms with Crippen molar-refractivity contribution in [3.63, 3.8) is 0 Å². The Morgan fingerprint density at radius 3 is 2.46 bits per heavy atom. The van der Waals surface area contributed by atoms with Crippen LogP contribution in [0.2, 0.25) is 0 Å². The summed E-state index contributed by atoms with van der Waals surface area (Å²) in [4.78, 5) is 10.1. The zero-order valence-electron chi connectivity index (χ0n) is 15.4. The van der Waals surface area contributed by atoms with Crippen molar-refractivity contribution in [3.8, 4) is 0 Å². The number of rotatable bonds is 6. The van der Waals surface area contributed by atoms with Crippen molar-refractivity contribution in [2.24, 2.45) is 4.99 Å². The van der Waals surface area contributed by atoms with Gasteiger partial charge in [-0.2, -0.15) is 0 Å². The van der Waals surface area contributed by atoms with E-state index in [2.05, 4.69) is 60.4 Å². The molecule has 0 fully saturated rings. The highest BCUT2D eigenvalue weighted by molar-refractivity contribution is 7.11. The lowest BCUT2D eigenvalue weighted by Gasteiger charge is -2.15. The van der Waals surface area contributed by atoms with E-state index in [-0.39, 0.29) is 0 Å². The smallest absolute Gasteiger partial charge is 0.191 e. The maximum Gasteiger partial charge on any atom is 0.191 e. The highest BCUT2D eigenvalue weighted by Crippen LogP contribution is 2.16. The number of benzene rings is 1. The van der Waals surface area contributed by atoms with Crippen molar-refractivity contribution in [1.29, 1.82) is 0 Å². The largest absolute Gasteiger partial charge is 0.356 e. The van der Waals surface area contributed by atoms with Crippen LogP contribution >= 0.6 is 11.3 Å². The van der Waals surface area contributed by atoms with E-state index in [1.165, 1.54) is 32.1 Å². The number of nitrogens with zero attached hydrogens (tertiary/aromatic N) is 2. The van der Waals surface area contributed by atoms with Crippen molar-refractivity contribution in [1.82, 2.24) is 15.6 Å². The fourth-order valence-electron chi connectivity index (χ4n) is 2.80. The maximum absolute atomic E-state index is 4.45. The fraction of sp³-hybridized carbons (Fsp3) is 0.474. The number of aryl methyl sites for hydroxylation is 4. The molecular formula is C19H28N4S. The molecule has 130 valence electrons. The van der Waals surface area contributed by atoms with Gasteiger partial charge >= 0.3 is 0 Å². The Labute approximate surface area is 149 Å². The second-order valence-corrected chi connectivity index (χ2v) is 7.25. The summed E-state index contributed by atoms with van der Waals surface area (Å²) in [6, 6.07) is 4.46. The zero-order valence-corrected chi connectivity index (χ0v) is 16.2. The summed E-state index contributed by atoms with van der Waals surface area (Å²) in [6.45, 7) is 10.3. The van der Waals surface area contributed by atoms with Gasteiger partial charge in [-0.05, 0) is 43.9 Å². The molecule has 0 amide bonds. The Hall–Kier alpha value is -1.88. The van der Waals surface area contributed by atoms with Crippen molar-refractivity contribution in [3.05, 3.63) is 50.5 Å². The van der Waals surface area contributed by atoms with Crippen LogP contribution in [-0.4, -0.2) is 24.5 Å². The molecule has 24 heavy (non-hydrogen) atoms. The van der Waals surface area contributed by atoms with E-state index in [0.717, 1.165) is 31.9 Å². The lowest BCUT2D eigenvalue weighted by molar-refractivity contribution is 0.787. The van der Waals surface area contributed by atoms with Crippen molar-refractivity contribution >= 4 is 17.3 Å². The van der Waals surface area contributed by atoms with Crippen LogP contribution in [0.25, 0.3) is 0 Å². The molecule has 0 bridgehead atoms. The van der Waals surface area contributed by atoms with Gasteiger partial charge in [0, 0.05) is 37.6 Å². The number of aromatic nitrogens is 1. The van der Waals surface area contributed by atoms with Gasteiger partial charge in [-0.25, -0.2) is 4.98 Å². The van der Waals surface area contributed by atoms with Crippen molar-refractivity contribution in [2.45, 2.75) is 47.1 Å². The first-order valence-electron chi connectivity index (χ1n) is 8.48. The van der Waals surface area contributed by atoms with E-state index >= 15 is 0 Å². The lowest BCUT2D eigenvalue weighted by atomic mass is 10.00. The molecule has 2 N–H and O–H groups in total. The molecule has 0 saturated carbocycles. The molecule has 0 aliphatic rings. The molecule has 0 aliphatic carbocycles. The summed E-state index contributed by atoms with van der Waals surface area (Å²) in [5.74, 6) is 0.835. The normalized spacial score (nSPS) is 11.6. The topological polar surface area (TPSA) is 49.3 Å². The molecule has 0 saturated heterocycles. The Balaban J connectivity index is 1.84. The number of aliphatic imine (C=N–C) groups is 1. The second kappa shape index (κ2) is 8.83. The number of hydrogen-bond acceptors (Lipinski definition) is 3. The summed E-state index contributed by atoms with van der Waals surface area (Å²) >= 11 is 1.80. The third kappa shape index (κ3) is 5.06. The van der Waals surface area contributed by atoms with Gasteiger partial charge in [0.2, 0.25) is 0 Å². The van der Waals surface area contributed by atoms with Gasteiger partial charge in [0.25, 0.3) is 0 Å². The third-order valence-electron chi connectivity index (χ3n) is 4.08. The minimum Gasteiger partial charge on any atom is -0.356 e. The third-order valence-corrected chi connectivity index (χ3v) is 5.28. The van der Waals surface area contributed by atoms with Crippen LogP contribution in [0.5, 0.6) is 0 Å².